The van der Waals surface area contributed by atoms with Crippen molar-refractivity contribution in [3.63, 3.8) is 0 Å². The van der Waals surface area contributed by atoms with Gasteiger partial charge in [0.2, 0.25) is 0 Å². The van der Waals surface area contributed by atoms with Crippen LogP contribution in [0.5, 0.6) is 5.75 Å². The zero-order valence-electron chi connectivity index (χ0n) is 16.9. The second kappa shape index (κ2) is 7.88. The largest absolute Gasteiger partial charge is 0.492 e. The molecule has 1 atom stereocenters. The van der Waals surface area contributed by atoms with Crippen molar-refractivity contribution >= 4 is 16.3 Å². The fraction of sp³-hybridized carbons (Fsp3) is 0.632. The summed E-state index contributed by atoms with van der Waals surface area (Å²) >= 11 is 0. The maximum Gasteiger partial charge on any atom is 0.410 e. The monoisotopic (exact) mass is 411 g/mol. The average Bonchev–Trinajstić information content (AvgIpc) is 2.85. The highest BCUT2D eigenvalue weighted by atomic mass is 32.2. The standard InChI is InChI=1S/C19H29N3O5S/c1-15-7-5-6-8-17(15)26-12-11-21-14-16-13-20(18(23)27-19(2,3)4)9-10-22(16)28(21,24)25/h5-8,16H,9-14H2,1-4H3. The number of carbonyl (C=O) groups is 1. The number of ether oxygens (including phenoxy) is 2. The first kappa shape index (κ1) is 20.9. The normalized spacial score (nSPS) is 22.7. The van der Waals surface area contributed by atoms with Crippen molar-refractivity contribution in [2.45, 2.75) is 39.3 Å². The molecular weight excluding hydrogens is 382 g/mol. The Hall–Kier alpha value is -1.84. The van der Waals surface area contributed by atoms with Crippen molar-refractivity contribution < 1.29 is 22.7 Å². The number of rotatable bonds is 4. The molecule has 2 fully saturated rings. The van der Waals surface area contributed by atoms with Gasteiger partial charge in [0.05, 0.1) is 6.04 Å². The predicted octanol–water partition coefficient (Wildman–Crippen LogP) is 1.86. The van der Waals surface area contributed by atoms with Crippen LogP contribution in [0.15, 0.2) is 24.3 Å². The number of hydrogen-bond acceptors (Lipinski definition) is 5. The molecule has 2 saturated heterocycles. The van der Waals surface area contributed by atoms with Crippen LogP contribution >= 0.6 is 0 Å². The molecule has 0 N–H and O–H groups in total. The van der Waals surface area contributed by atoms with E-state index in [2.05, 4.69) is 0 Å². The Balaban J connectivity index is 1.58. The van der Waals surface area contributed by atoms with Gasteiger partial charge in [0.15, 0.2) is 0 Å². The second-order valence-electron chi connectivity index (χ2n) is 8.17. The quantitative estimate of drug-likeness (QED) is 0.756. The summed E-state index contributed by atoms with van der Waals surface area (Å²) in [5, 5.41) is 0. The van der Waals surface area contributed by atoms with Crippen LogP contribution in [0.4, 0.5) is 4.79 Å². The third-order valence-electron chi connectivity index (χ3n) is 4.81. The van der Waals surface area contributed by atoms with Crippen LogP contribution in [0.25, 0.3) is 0 Å². The molecule has 156 valence electrons. The van der Waals surface area contributed by atoms with E-state index in [0.29, 0.717) is 19.6 Å². The van der Waals surface area contributed by atoms with Crippen molar-refractivity contribution in [1.29, 1.82) is 0 Å². The lowest BCUT2D eigenvalue weighted by Crippen LogP contribution is -2.54. The topological polar surface area (TPSA) is 79.4 Å². The second-order valence-corrected chi connectivity index (χ2v) is 10.1. The SMILES string of the molecule is Cc1ccccc1OCCN1CC2CN(C(=O)OC(C)(C)C)CCN2S1(=O)=O. The molecule has 2 aliphatic rings. The number of carbonyl (C=O) groups excluding carboxylic acids is 1. The zero-order chi connectivity index (χ0) is 20.5. The van der Waals surface area contributed by atoms with E-state index in [1.165, 1.54) is 8.61 Å². The molecule has 0 spiro atoms. The molecule has 3 rings (SSSR count). The van der Waals surface area contributed by atoms with Gasteiger partial charge >= 0.3 is 6.09 Å². The van der Waals surface area contributed by atoms with Crippen molar-refractivity contribution in [1.82, 2.24) is 13.5 Å². The molecule has 1 unspecified atom stereocenters. The summed E-state index contributed by atoms with van der Waals surface area (Å²) in [7, 11) is -3.53. The van der Waals surface area contributed by atoms with Gasteiger partial charge in [-0.1, -0.05) is 18.2 Å². The summed E-state index contributed by atoms with van der Waals surface area (Å²) in [5.41, 5.74) is 0.437. The van der Waals surface area contributed by atoms with Gasteiger partial charge in [-0.25, -0.2) is 4.79 Å². The minimum atomic E-state index is -3.53. The molecular formula is C19H29N3O5S. The van der Waals surface area contributed by atoms with Gasteiger partial charge in [0.25, 0.3) is 10.2 Å². The molecule has 0 radical (unpaired) electrons. The maximum absolute atomic E-state index is 12.8. The number of fused-ring (bicyclic) bond motifs is 1. The summed E-state index contributed by atoms with van der Waals surface area (Å²) in [6.07, 6.45) is -0.397. The van der Waals surface area contributed by atoms with Crippen LogP contribution in [0, 0.1) is 6.92 Å². The van der Waals surface area contributed by atoms with Crippen LogP contribution in [0.2, 0.25) is 0 Å². The van der Waals surface area contributed by atoms with Gasteiger partial charge in [-0.15, -0.1) is 0 Å². The highest BCUT2D eigenvalue weighted by Crippen LogP contribution is 2.27. The Labute approximate surface area is 167 Å². The molecule has 1 amide bonds. The van der Waals surface area contributed by atoms with Gasteiger partial charge in [-0.3, -0.25) is 0 Å². The summed E-state index contributed by atoms with van der Waals surface area (Å²) < 4.78 is 39.7. The average molecular weight is 412 g/mol. The van der Waals surface area contributed by atoms with Gasteiger partial charge in [0, 0.05) is 32.7 Å². The Morgan fingerprint density at radius 3 is 2.57 bits per heavy atom. The highest BCUT2D eigenvalue weighted by Gasteiger charge is 2.47. The van der Waals surface area contributed by atoms with Gasteiger partial charge in [0.1, 0.15) is 18.0 Å². The lowest BCUT2D eigenvalue weighted by molar-refractivity contribution is 0.0145. The van der Waals surface area contributed by atoms with Crippen molar-refractivity contribution in [3.8, 4) is 5.75 Å². The molecule has 1 aromatic carbocycles. The van der Waals surface area contributed by atoms with Crippen LogP contribution in [-0.4, -0.2) is 79.0 Å². The number of nitrogens with zero attached hydrogens (tertiary/aromatic N) is 3. The number of para-hydroxylation sites is 1. The molecule has 1 aromatic rings. The molecule has 0 bridgehead atoms. The minimum Gasteiger partial charge on any atom is -0.492 e. The van der Waals surface area contributed by atoms with Crippen LogP contribution in [0.1, 0.15) is 26.3 Å². The Morgan fingerprint density at radius 2 is 1.89 bits per heavy atom. The minimum absolute atomic E-state index is 0.260. The lowest BCUT2D eigenvalue weighted by atomic mass is 10.2. The Morgan fingerprint density at radius 1 is 1.18 bits per heavy atom. The number of aryl methyl sites for hydroxylation is 1. The molecule has 2 heterocycles. The Bertz CT molecular complexity index is 821. The van der Waals surface area contributed by atoms with E-state index in [4.69, 9.17) is 9.47 Å². The van der Waals surface area contributed by atoms with E-state index < -0.39 is 21.9 Å². The maximum atomic E-state index is 12.8. The van der Waals surface area contributed by atoms with E-state index in [9.17, 15) is 13.2 Å². The molecule has 8 nitrogen and oxygen atoms in total. The lowest BCUT2D eigenvalue weighted by Gasteiger charge is -2.36. The van der Waals surface area contributed by atoms with Gasteiger partial charge < -0.3 is 14.4 Å². The molecule has 0 aliphatic carbocycles. The molecule has 9 heteroatoms. The first-order valence-corrected chi connectivity index (χ1v) is 10.9. The van der Waals surface area contributed by atoms with E-state index in [-0.39, 0.29) is 25.7 Å². The summed E-state index contributed by atoms with van der Waals surface area (Å²) in [4.78, 5) is 13.9. The van der Waals surface area contributed by atoms with Crippen LogP contribution in [0.3, 0.4) is 0 Å². The molecule has 28 heavy (non-hydrogen) atoms. The third kappa shape index (κ3) is 4.59. The van der Waals surface area contributed by atoms with Crippen molar-refractivity contribution in [2.24, 2.45) is 0 Å². The molecule has 2 aliphatic heterocycles. The molecule has 0 saturated carbocycles. The van der Waals surface area contributed by atoms with Crippen LogP contribution < -0.4 is 4.74 Å². The summed E-state index contributed by atoms with van der Waals surface area (Å²) in [6.45, 7) is 9.25. The number of piperazine rings is 1. The Kier molecular flexibility index (Phi) is 5.88. The van der Waals surface area contributed by atoms with E-state index >= 15 is 0 Å². The predicted molar refractivity (Wildman–Crippen MR) is 105 cm³/mol. The van der Waals surface area contributed by atoms with E-state index in [1.54, 1.807) is 4.90 Å². The summed E-state index contributed by atoms with van der Waals surface area (Å²) in [6, 6.07) is 7.38. The van der Waals surface area contributed by atoms with E-state index in [0.717, 1.165) is 11.3 Å². The van der Waals surface area contributed by atoms with Crippen molar-refractivity contribution in [2.75, 3.05) is 39.3 Å². The molecule has 0 aromatic heterocycles. The van der Waals surface area contributed by atoms with E-state index in [1.807, 2.05) is 52.0 Å². The van der Waals surface area contributed by atoms with Gasteiger partial charge in [-0.05, 0) is 39.3 Å². The van der Waals surface area contributed by atoms with Crippen molar-refractivity contribution in [3.05, 3.63) is 29.8 Å². The number of amides is 1. The fourth-order valence-corrected chi connectivity index (χ4v) is 5.23. The highest BCUT2D eigenvalue weighted by molar-refractivity contribution is 7.87. The van der Waals surface area contributed by atoms with Gasteiger partial charge in [-0.2, -0.15) is 17.0 Å². The first-order chi connectivity index (χ1) is 13.1. The number of benzene rings is 1. The fourth-order valence-electron chi connectivity index (χ4n) is 3.44. The van der Waals surface area contributed by atoms with Crippen LogP contribution in [-0.2, 0) is 14.9 Å². The zero-order valence-corrected chi connectivity index (χ0v) is 17.7. The summed E-state index contributed by atoms with van der Waals surface area (Å²) in [5.74, 6) is 0.757. The smallest absolute Gasteiger partial charge is 0.410 e. The third-order valence-corrected chi connectivity index (χ3v) is 6.87. The first-order valence-electron chi connectivity index (χ1n) is 9.51. The number of hydrogen-bond donors (Lipinski definition) is 0.